The number of imidazole rings is 1. The van der Waals surface area contributed by atoms with E-state index in [2.05, 4.69) is 15.0 Å². The standard InChI is InChI=1S/C14H12FN3/c1-9-6-7-12-14(16-9)18-13(17-12)8-10-4-2-3-5-11(10)15/h2-7H,8H2,1H3,(H,16,17,18). The Balaban J connectivity index is 1.98. The summed E-state index contributed by atoms with van der Waals surface area (Å²) in [4.78, 5) is 11.9. The number of aryl methyl sites for hydroxylation is 1. The van der Waals surface area contributed by atoms with Crippen LogP contribution in [-0.4, -0.2) is 15.0 Å². The average molecular weight is 241 g/mol. The van der Waals surface area contributed by atoms with Gasteiger partial charge in [-0.15, -0.1) is 0 Å². The molecule has 1 aromatic carbocycles. The maximum atomic E-state index is 13.5. The molecule has 0 saturated heterocycles. The molecule has 0 unspecified atom stereocenters. The number of nitrogens with zero attached hydrogens (tertiary/aromatic N) is 2. The molecule has 3 rings (SSSR count). The molecule has 1 N–H and O–H groups in total. The monoisotopic (exact) mass is 241 g/mol. The van der Waals surface area contributed by atoms with E-state index in [0.717, 1.165) is 17.0 Å². The Morgan fingerprint density at radius 3 is 2.78 bits per heavy atom. The van der Waals surface area contributed by atoms with Gasteiger partial charge in [-0.3, -0.25) is 0 Å². The molecule has 0 fully saturated rings. The minimum atomic E-state index is -0.206. The van der Waals surface area contributed by atoms with E-state index in [4.69, 9.17) is 0 Å². The summed E-state index contributed by atoms with van der Waals surface area (Å²) in [6, 6.07) is 10.6. The van der Waals surface area contributed by atoms with E-state index in [1.807, 2.05) is 25.1 Å². The summed E-state index contributed by atoms with van der Waals surface area (Å²) < 4.78 is 13.5. The predicted molar refractivity (Wildman–Crippen MR) is 67.8 cm³/mol. The number of benzene rings is 1. The molecule has 0 aliphatic heterocycles. The molecule has 4 heteroatoms. The first-order valence-electron chi connectivity index (χ1n) is 5.78. The van der Waals surface area contributed by atoms with Gasteiger partial charge in [-0.25, -0.2) is 14.4 Å². The van der Waals surface area contributed by atoms with Crippen molar-refractivity contribution in [3.8, 4) is 0 Å². The van der Waals surface area contributed by atoms with Crippen molar-refractivity contribution in [2.45, 2.75) is 13.3 Å². The molecular formula is C14H12FN3. The summed E-state index contributed by atoms with van der Waals surface area (Å²) in [7, 11) is 0. The van der Waals surface area contributed by atoms with Gasteiger partial charge in [0.05, 0.1) is 5.52 Å². The Bertz CT molecular complexity index is 703. The highest BCUT2D eigenvalue weighted by atomic mass is 19.1. The quantitative estimate of drug-likeness (QED) is 0.749. The third-order valence-corrected chi connectivity index (χ3v) is 2.85. The maximum absolute atomic E-state index is 13.5. The van der Waals surface area contributed by atoms with Crippen molar-refractivity contribution in [2.24, 2.45) is 0 Å². The summed E-state index contributed by atoms with van der Waals surface area (Å²) in [6.07, 6.45) is 0.447. The molecule has 2 aromatic heterocycles. The van der Waals surface area contributed by atoms with Gasteiger partial charge < -0.3 is 4.98 Å². The minimum absolute atomic E-state index is 0.206. The van der Waals surface area contributed by atoms with Crippen molar-refractivity contribution in [3.05, 3.63) is 59.3 Å². The van der Waals surface area contributed by atoms with E-state index in [1.54, 1.807) is 12.1 Å². The number of pyridine rings is 1. The van der Waals surface area contributed by atoms with Gasteiger partial charge >= 0.3 is 0 Å². The van der Waals surface area contributed by atoms with Crippen molar-refractivity contribution in [1.82, 2.24) is 15.0 Å². The lowest BCUT2D eigenvalue weighted by Crippen LogP contribution is -1.93. The van der Waals surface area contributed by atoms with Crippen LogP contribution in [0.25, 0.3) is 11.2 Å². The molecule has 0 aliphatic rings. The number of H-pyrrole nitrogens is 1. The van der Waals surface area contributed by atoms with Crippen LogP contribution in [0.1, 0.15) is 17.1 Å². The van der Waals surface area contributed by atoms with Gasteiger partial charge in [-0.05, 0) is 30.7 Å². The van der Waals surface area contributed by atoms with Crippen LogP contribution in [0.2, 0.25) is 0 Å². The molecule has 18 heavy (non-hydrogen) atoms. The van der Waals surface area contributed by atoms with Crippen LogP contribution in [0.3, 0.4) is 0 Å². The van der Waals surface area contributed by atoms with Crippen molar-refractivity contribution in [2.75, 3.05) is 0 Å². The number of fused-ring (bicyclic) bond motifs is 1. The van der Waals surface area contributed by atoms with E-state index in [9.17, 15) is 4.39 Å². The topological polar surface area (TPSA) is 41.6 Å². The molecule has 0 aliphatic carbocycles. The molecule has 0 bridgehead atoms. The minimum Gasteiger partial charge on any atom is -0.340 e. The molecule has 0 amide bonds. The highest BCUT2D eigenvalue weighted by Gasteiger charge is 2.07. The highest BCUT2D eigenvalue weighted by Crippen LogP contribution is 2.14. The van der Waals surface area contributed by atoms with E-state index < -0.39 is 0 Å². The second-order valence-electron chi connectivity index (χ2n) is 4.28. The Morgan fingerprint density at radius 1 is 1.11 bits per heavy atom. The fourth-order valence-corrected chi connectivity index (χ4v) is 1.94. The Morgan fingerprint density at radius 2 is 1.94 bits per heavy atom. The van der Waals surface area contributed by atoms with E-state index >= 15 is 0 Å². The number of hydrogen-bond acceptors (Lipinski definition) is 2. The van der Waals surface area contributed by atoms with Crippen LogP contribution in [0, 0.1) is 12.7 Å². The number of rotatable bonds is 2. The fraction of sp³-hybridized carbons (Fsp3) is 0.143. The van der Waals surface area contributed by atoms with E-state index in [0.29, 0.717) is 17.6 Å². The average Bonchev–Trinajstić information content (AvgIpc) is 2.73. The van der Waals surface area contributed by atoms with Crippen molar-refractivity contribution in [1.29, 1.82) is 0 Å². The van der Waals surface area contributed by atoms with Crippen LogP contribution in [0.4, 0.5) is 4.39 Å². The van der Waals surface area contributed by atoms with Gasteiger partial charge in [0.1, 0.15) is 11.6 Å². The molecule has 0 spiro atoms. The summed E-state index contributed by atoms with van der Waals surface area (Å²) in [5.74, 6) is 0.523. The second kappa shape index (κ2) is 4.22. The van der Waals surface area contributed by atoms with Gasteiger partial charge in [0, 0.05) is 12.1 Å². The zero-order chi connectivity index (χ0) is 12.5. The van der Waals surface area contributed by atoms with Crippen LogP contribution < -0.4 is 0 Å². The van der Waals surface area contributed by atoms with Crippen molar-refractivity contribution >= 4 is 11.2 Å². The van der Waals surface area contributed by atoms with Crippen LogP contribution in [-0.2, 0) is 6.42 Å². The second-order valence-corrected chi connectivity index (χ2v) is 4.28. The lowest BCUT2D eigenvalue weighted by Gasteiger charge is -1.99. The molecule has 0 radical (unpaired) electrons. The molecular weight excluding hydrogens is 229 g/mol. The molecule has 3 nitrogen and oxygen atoms in total. The lowest BCUT2D eigenvalue weighted by atomic mass is 10.1. The number of aromatic amines is 1. The fourth-order valence-electron chi connectivity index (χ4n) is 1.94. The lowest BCUT2D eigenvalue weighted by molar-refractivity contribution is 0.612. The third-order valence-electron chi connectivity index (χ3n) is 2.85. The number of hydrogen-bond donors (Lipinski definition) is 1. The Kier molecular flexibility index (Phi) is 2.55. The van der Waals surface area contributed by atoms with Gasteiger partial charge in [0.25, 0.3) is 0 Å². The molecule has 90 valence electrons. The summed E-state index contributed by atoms with van der Waals surface area (Å²) >= 11 is 0. The number of aromatic nitrogens is 3. The highest BCUT2D eigenvalue weighted by molar-refractivity contribution is 5.70. The zero-order valence-corrected chi connectivity index (χ0v) is 9.94. The maximum Gasteiger partial charge on any atom is 0.177 e. The number of nitrogens with one attached hydrogen (secondary N) is 1. The van der Waals surface area contributed by atoms with Gasteiger partial charge in [0.2, 0.25) is 0 Å². The van der Waals surface area contributed by atoms with Crippen molar-refractivity contribution < 1.29 is 4.39 Å². The van der Waals surface area contributed by atoms with Gasteiger partial charge in [0.15, 0.2) is 5.65 Å². The van der Waals surface area contributed by atoms with Crippen molar-refractivity contribution in [3.63, 3.8) is 0 Å². The Labute approximate surface area is 104 Å². The smallest absolute Gasteiger partial charge is 0.177 e. The van der Waals surface area contributed by atoms with Gasteiger partial charge in [-0.1, -0.05) is 18.2 Å². The summed E-state index contributed by atoms with van der Waals surface area (Å²) in [5.41, 5.74) is 3.12. The molecule has 2 heterocycles. The first-order valence-corrected chi connectivity index (χ1v) is 5.78. The van der Waals surface area contributed by atoms with Crippen LogP contribution >= 0.6 is 0 Å². The zero-order valence-electron chi connectivity index (χ0n) is 9.94. The van der Waals surface area contributed by atoms with Gasteiger partial charge in [-0.2, -0.15) is 0 Å². The largest absolute Gasteiger partial charge is 0.340 e. The first-order chi connectivity index (χ1) is 8.72. The predicted octanol–water partition coefficient (Wildman–Crippen LogP) is 3.00. The number of halogens is 1. The summed E-state index contributed by atoms with van der Waals surface area (Å²) in [5, 5.41) is 0. The molecule has 0 atom stereocenters. The van der Waals surface area contributed by atoms with E-state index in [1.165, 1.54) is 6.07 Å². The normalized spacial score (nSPS) is 11.0. The SMILES string of the molecule is Cc1ccc2[nH]c(Cc3ccccc3F)nc2n1. The molecule has 0 saturated carbocycles. The third kappa shape index (κ3) is 1.97. The first kappa shape index (κ1) is 10.9. The van der Waals surface area contributed by atoms with Crippen LogP contribution in [0.5, 0.6) is 0 Å². The molecule has 3 aromatic rings. The Hall–Kier alpha value is -2.23. The summed E-state index contributed by atoms with van der Waals surface area (Å²) in [6.45, 7) is 1.92. The van der Waals surface area contributed by atoms with E-state index in [-0.39, 0.29) is 5.82 Å². The van der Waals surface area contributed by atoms with Crippen LogP contribution in [0.15, 0.2) is 36.4 Å².